The van der Waals surface area contributed by atoms with Gasteiger partial charge in [0.05, 0.1) is 5.75 Å². The maximum atomic E-state index is 12.2. The molecule has 0 aromatic heterocycles. The zero-order chi connectivity index (χ0) is 14.6. The van der Waals surface area contributed by atoms with Crippen LogP contribution in [0.1, 0.15) is 48.0 Å². The molecule has 110 valence electrons. The Bertz CT molecular complexity index is 331. The fourth-order valence-electron chi connectivity index (χ4n) is 1.58. The third-order valence-corrected chi connectivity index (χ3v) is 5.37. The van der Waals surface area contributed by atoms with E-state index < -0.39 is 10.0 Å². The molecule has 0 aliphatic heterocycles. The summed E-state index contributed by atoms with van der Waals surface area (Å²) in [6.45, 7) is 13.0. The van der Waals surface area contributed by atoms with Crippen LogP contribution >= 0.6 is 0 Å². The molecular weight excluding hydrogens is 248 g/mol. The van der Waals surface area contributed by atoms with Gasteiger partial charge in [0, 0.05) is 19.1 Å². The lowest BCUT2D eigenvalue weighted by Gasteiger charge is -2.34. The summed E-state index contributed by atoms with van der Waals surface area (Å²) in [6.07, 6.45) is 0.654. The van der Waals surface area contributed by atoms with Crippen LogP contribution in [-0.4, -0.2) is 44.2 Å². The first-order chi connectivity index (χ1) is 7.98. The summed E-state index contributed by atoms with van der Waals surface area (Å²) in [5, 5.41) is 3.23. The molecule has 0 rings (SSSR count). The smallest absolute Gasteiger partial charge is 0.214 e. The second-order valence-corrected chi connectivity index (χ2v) is 8.48. The van der Waals surface area contributed by atoms with Crippen LogP contribution < -0.4 is 5.32 Å². The minimum Gasteiger partial charge on any atom is -0.314 e. The Morgan fingerprint density at radius 3 is 2.06 bits per heavy atom. The summed E-state index contributed by atoms with van der Waals surface area (Å²) in [5.74, 6) is 0.212. The van der Waals surface area contributed by atoms with Gasteiger partial charge in [-0.05, 0) is 25.3 Å². The third-order valence-electron chi connectivity index (χ3n) is 3.37. The monoisotopic (exact) mass is 278 g/mol. The van der Waals surface area contributed by atoms with Gasteiger partial charge in [-0.1, -0.05) is 34.6 Å². The average molecular weight is 278 g/mol. The van der Waals surface area contributed by atoms with Gasteiger partial charge in [0.1, 0.15) is 0 Å². The Labute approximate surface area is 113 Å². The number of hydrogen-bond acceptors (Lipinski definition) is 3. The molecule has 5 heteroatoms. The molecule has 0 aromatic rings. The predicted molar refractivity (Wildman–Crippen MR) is 78.2 cm³/mol. The van der Waals surface area contributed by atoms with Gasteiger partial charge < -0.3 is 5.32 Å². The minimum absolute atomic E-state index is 0.000517. The minimum atomic E-state index is -3.15. The van der Waals surface area contributed by atoms with Gasteiger partial charge in [-0.15, -0.1) is 0 Å². The Morgan fingerprint density at radius 1 is 1.17 bits per heavy atom. The van der Waals surface area contributed by atoms with Gasteiger partial charge in [-0.3, -0.25) is 0 Å². The summed E-state index contributed by atoms with van der Waals surface area (Å²) in [4.78, 5) is 0. The molecule has 4 nitrogen and oxygen atoms in total. The molecule has 1 unspecified atom stereocenters. The van der Waals surface area contributed by atoms with Crippen molar-refractivity contribution in [2.45, 2.75) is 60.0 Å². The van der Waals surface area contributed by atoms with Gasteiger partial charge in [0.2, 0.25) is 10.0 Å². The SMILES string of the molecule is CC(C)NCCCS(=O)(=O)N(C)C(C)C(C)(C)C. The van der Waals surface area contributed by atoms with Crippen molar-refractivity contribution in [3.8, 4) is 0 Å². The van der Waals surface area contributed by atoms with Crippen LogP contribution in [0.4, 0.5) is 0 Å². The van der Waals surface area contributed by atoms with Crippen molar-refractivity contribution >= 4 is 10.0 Å². The Hall–Kier alpha value is -0.130. The Balaban J connectivity index is 4.37. The number of rotatable bonds is 7. The lowest BCUT2D eigenvalue weighted by atomic mass is 9.88. The quantitative estimate of drug-likeness (QED) is 0.725. The summed E-state index contributed by atoms with van der Waals surface area (Å²) in [5.41, 5.74) is -0.0436. The van der Waals surface area contributed by atoms with Crippen molar-refractivity contribution in [2.75, 3.05) is 19.3 Å². The standard InChI is InChI=1S/C13H30N2O2S/c1-11(2)14-9-8-10-18(16,17)15(7)12(3)13(4,5)6/h11-12,14H,8-10H2,1-7H3. The molecule has 0 aliphatic carbocycles. The summed E-state index contributed by atoms with van der Waals surface area (Å²) in [7, 11) is -1.47. The number of nitrogens with zero attached hydrogens (tertiary/aromatic N) is 1. The molecule has 0 amide bonds. The van der Waals surface area contributed by atoms with Crippen LogP contribution in [-0.2, 0) is 10.0 Å². The fraction of sp³-hybridized carbons (Fsp3) is 1.00. The molecule has 0 bridgehead atoms. The highest BCUT2D eigenvalue weighted by Gasteiger charge is 2.30. The fourth-order valence-corrected chi connectivity index (χ4v) is 3.17. The molecule has 0 saturated heterocycles. The van der Waals surface area contributed by atoms with E-state index in [1.807, 2.05) is 6.92 Å². The van der Waals surface area contributed by atoms with Crippen LogP contribution in [0.2, 0.25) is 0 Å². The van der Waals surface area contributed by atoms with Crippen molar-refractivity contribution in [1.82, 2.24) is 9.62 Å². The summed E-state index contributed by atoms with van der Waals surface area (Å²) >= 11 is 0. The van der Waals surface area contributed by atoms with E-state index >= 15 is 0 Å². The number of hydrogen-bond donors (Lipinski definition) is 1. The van der Waals surface area contributed by atoms with E-state index in [4.69, 9.17) is 0 Å². The second-order valence-electron chi connectivity index (χ2n) is 6.34. The van der Waals surface area contributed by atoms with E-state index in [0.717, 1.165) is 6.54 Å². The highest BCUT2D eigenvalue weighted by atomic mass is 32.2. The maximum absolute atomic E-state index is 12.2. The predicted octanol–water partition coefficient (Wildman–Crippen LogP) is 2.07. The van der Waals surface area contributed by atoms with E-state index in [0.29, 0.717) is 12.5 Å². The topological polar surface area (TPSA) is 49.4 Å². The first kappa shape index (κ1) is 17.9. The number of nitrogens with one attached hydrogen (secondary N) is 1. The van der Waals surface area contributed by atoms with E-state index in [-0.39, 0.29) is 17.2 Å². The third kappa shape index (κ3) is 6.16. The molecule has 1 atom stereocenters. The van der Waals surface area contributed by atoms with Crippen molar-refractivity contribution in [3.05, 3.63) is 0 Å². The zero-order valence-corrected chi connectivity index (χ0v) is 13.8. The van der Waals surface area contributed by atoms with Crippen LogP contribution in [0, 0.1) is 5.41 Å². The lowest BCUT2D eigenvalue weighted by molar-refractivity contribution is 0.216. The van der Waals surface area contributed by atoms with Gasteiger partial charge in [0.15, 0.2) is 0 Å². The molecule has 0 saturated carbocycles. The molecule has 0 heterocycles. The highest BCUT2D eigenvalue weighted by molar-refractivity contribution is 7.89. The van der Waals surface area contributed by atoms with Crippen molar-refractivity contribution < 1.29 is 8.42 Å². The molecule has 0 spiro atoms. The molecule has 0 radical (unpaired) electrons. The number of sulfonamides is 1. The first-order valence-corrected chi connectivity index (χ1v) is 8.28. The largest absolute Gasteiger partial charge is 0.314 e. The first-order valence-electron chi connectivity index (χ1n) is 6.67. The van der Waals surface area contributed by atoms with Gasteiger partial charge in [-0.2, -0.15) is 0 Å². The van der Waals surface area contributed by atoms with Crippen molar-refractivity contribution in [1.29, 1.82) is 0 Å². The zero-order valence-electron chi connectivity index (χ0n) is 12.9. The van der Waals surface area contributed by atoms with Crippen molar-refractivity contribution in [2.24, 2.45) is 5.41 Å². The van der Waals surface area contributed by atoms with E-state index in [1.165, 1.54) is 4.31 Å². The maximum Gasteiger partial charge on any atom is 0.214 e. The Morgan fingerprint density at radius 2 is 1.67 bits per heavy atom. The summed E-state index contributed by atoms with van der Waals surface area (Å²) < 4.78 is 25.8. The lowest BCUT2D eigenvalue weighted by Crippen LogP contribution is -2.44. The molecule has 0 aliphatic rings. The average Bonchev–Trinajstić information content (AvgIpc) is 2.20. The molecule has 1 N–H and O–H groups in total. The van der Waals surface area contributed by atoms with Gasteiger partial charge in [-0.25, -0.2) is 12.7 Å². The van der Waals surface area contributed by atoms with Gasteiger partial charge in [0.25, 0.3) is 0 Å². The molecular formula is C13H30N2O2S. The molecule has 18 heavy (non-hydrogen) atoms. The van der Waals surface area contributed by atoms with Crippen LogP contribution in [0.25, 0.3) is 0 Å². The Kier molecular flexibility index (Phi) is 6.82. The van der Waals surface area contributed by atoms with E-state index in [9.17, 15) is 8.42 Å². The van der Waals surface area contributed by atoms with Crippen LogP contribution in [0.3, 0.4) is 0 Å². The highest BCUT2D eigenvalue weighted by Crippen LogP contribution is 2.25. The van der Waals surface area contributed by atoms with Crippen LogP contribution in [0.5, 0.6) is 0 Å². The normalized spacial score (nSPS) is 15.4. The molecule has 0 fully saturated rings. The molecule has 0 aromatic carbocycles. The van der Waals surface area contributed by atoms with Crippen LogP contribution in [0.15, 0.2) is 0 Å². The van der Waals surface area contributed by atoms with E-state index in [1.54, 1.807) is 7.05 Å². The van der Waals surface area contributed by atoms with Crippen molar-refractivity contribution in [3.63, 3.8) is 0 Å². The van der Waals surface area contributed by atoms with Gasteiger partial charge >= 0.3 is 0 Å². The van der Waals surface area contributed by atoms with E-state index in [2.05, 4.69) is 39.9 Å². The summed E-state index contributed by atoms with van der Waals surface area (Å²) in [6, 6.07) is 0.402. The second kappa shape index (κ2) is 6.87.